The molecule has 0 saturated heterocycles. The first-order valence-electron chi connectivity index (χ1n) is 6.99. The third kappa shape index (κ3) is 2.43. The van der Waals surface area contributed by atoms with Crippen molar-refractivity contribution in [3.05, 3.63) is 35.5 Å². The zero-order valence-corrected chi connectivity index (χ0v) is 12.1. The van der Waals surface area contributed by atoms with E-state index in [4.69, 9.17) is 4.74 Å². The Bertz CT molecular complexity index is 652. The molecule has 0 saturated carbocycles. The number of esters is 1. The standard InChI is InChI=1S/C16H20N2O2/c1-16(2,3)20-15(19)13-8-11-10-6-4-5-7-12(10)18-14(11)9-17-13/h4-7,13,17-18H,8-9H2,1-3H3/t13-/m0/s1. The summed E-state index contributed by atoms with van der Waals surface area (Å²) in [7, 11) is 0. The Morgan fingerprint density at radius 3 is 2.80 bits per heavy atom. The summed E-state index contributed by atoms with van der Waals surface area (Å²) < 4.78 is 5.47. The van der Waals surface area contributed by atoms with E-state index in [0.717, 1.165) is 5.52 Å². The van der Waals surface area contributed by atoms with Crippen molar-refractivity contribution in [2.45, 2.75) is 45.4 Å². The van der Waals surface area contributed by atoms with Gasteiger partial charge in [-0.05, 0) is 32.4 Å². The van der Waals surface area contributed by atoms with Crippen LogP contribution in [0.4, 0.5) is 0 Å². The van der Waals surface area contributed by atoms with Crippen LogP contribution in [0, 0.1) is 0 Å². The lowest BCUT2D eigenvalue weighted by Crippen LogP contribution is -2.44. The summed E-state index contributed by atoms with van der Waals surface area (Å²) >= 11 is 0. The van der Waals surface area contributed by atoms with Crippen molar-refractivity contribution in [1.82, 2.24) is 10.3 Å². The molecule has 1 atom stereocenters. The summed E-state index contributed by atoms with van der Waals surface area (Å²) in [6.45, 7) is 6.36. The van der Waals surface area contributed by atoms with E-state index < -0.39 is 5.60 Å². The molecule has 1 aliphatic rings. The van der Waals surface area contributed by atoms with Crippen LogP contribution in [-0.4, -0.2) is 22.6 Å². The fourth-order valence-electron chi connectivity index (χ4n) is 2.68. The van der Waals surface area contributed by atoms with Gasteiger partial charge in [0.05, 0.1) is 0 Å². The molecular formula is C16H20N2O2. The second-order valence-corrected chi connectivity index (χ2v) is 6.30. The van der Waals surface area contributed by atoms with Crippen molar-refractivity contribution < 1.29 is 9.53 Å². The number of hydrogen-bond donors (Lipinski definition) is 2. The number of rotatable bonds is 1. The summed E-state index contributed by atoms with van der Waals surface area (Å²) in [5, 5.41) is 4.46. The van der Waals surface area contributed by atoms with Gasteiger partial charge in [0.1, 0.15) is 11.6 Å². The summed E-state index contributed by atoms with van der Waals surface area (Å²) in [6, 6.07) is 7.95. The van der Waals surface area contributed by atoms with Gasteiger partial charge in [-0.1, -0.05) is 18.2 Å². The number of ether oxygens (including phenoxy) is 1. The van der Waals surface area contributed by atoms with Crippen LogP contribution in [0.25, 0.3) is 10.9 Å². The number of aromatic amines is 1. The van der Waals surface area contributed by atoms with Gasteiger partial charge in [-0.15, -0.1) is 0 Å². The second-order valence-electron chi connectivity index (χ2n) is 6.30. The lowest BCUT2D eigenvalue weighted by atomic mass is 9.98. The molecular weight excluding hydrogens is 252 g/mol. The van der Waals surface area contributed by atoms with Crippen LogP contribution in [0.3, 0.4) is 0 Å². The van der Waals surface area contributed by atoms with Gasteiger partial charge in [0.25, 0.3) is 0 Å². The van der Waals surface area contributed by atoms with Gasteiger partial charge in [-0.3, -0.25) is 10.1 Å². The van der Waals surface area contributed by atoms with Crippen molar-refractivity contribution in [3.63, 3.8) is 0 Å². The number of benzene rings is 1. The lowest BCUT2D eigenvalue weighted by Gasteiger charge is -2.27. The molecule has 2 heterocycles. The molecule has 2 aromatic rings. The molecule has 0 radical (unpaired) electrons. The minimum Gasteiger partial charge on any atom is -0.459 e. The monoisotopic (exact) mass is 272 g/mol. The highest BCUT2D eigenvalue weighted by molar-refractivity contribution is 5.86. The van der Waals surface area contributed by atoms with E-state index in [1.807, 2.05) is 32.9 Å². The summed E-state index contributed by atoms with van der Waals surface area (Å²) in [5.41, 5.74) is 3.09. The minimum absolute atomic E-state index is 0.173. The van der Waals surface area contributed by atoms with E-state index in [0.29, 0.717) is 13.0 Å². The molecule has 0 fully saturated rings. The molecule has 1 aliphatic heterocycles. The van der Waals surface area contributed by atoms with Gasteiger partial charge in [0, 0.05) is 29.6 Å². The van der Waals surface area contributed by atoms with E-state index in [1.165, 1.54) is 16.6 Å². The quantitative estimate of drug-likeness (QED) is 0.784. The first-order valence-corrected chi connectivity index (χ1v) is 6.99. The van der Waals surface area contributed by atoms with Crippen molar-refractivity contribution in [1.29, 1.82) is 0 Å². The third-order valence-corrected chi connectivity index (χ3v) is 3.53. The van der Waals surface area contributed by atoms with Crippen LogP contribution in [0.15, 0.2) is 24.3 Å². The fraction of sp³-hybridized carbons (Fsp3) is 0.438. The average molecular weight is 272 g/mol. The Kier molecular flexibility index (Phi) is 3.05. The third-order valence-electron chi connectivity index (χ3n) is 3.53. The molecule has 4 heteroatoms. The maximum absolute atomic E-state index is 12.2. The van der Waals surface area contributed by atoms with Crippen LogP contribution in [0.5, 0.6) is 0 Å². The molecule has 0 aliphatic carbocycles. The van der Waals surface area contributed by atoms with Gasteiger partial charge in [-0.25, -0.2) is 0 Å². The minimum atomic E-state index is -0.445. The molecule has 106 valence electrons. The van der Waals surface area contributed by atoms with Crippen molar-refractivity contribution in [2.24, 2.45) is 0 Å². The number of para-hydroxylation sites is 1. The number of fused-ring (bicyclic) bond motifs is 3. The number of carbonyl (C=O) groups excluding carboxylic acids is 1. The molecule has 0 amide bonds. The number of aromatic nitrogens is 1. The molecule has 1 aromatic carbocycles. The first kappa shape index (κ1) is 13.2. The van der Waals surface area contributed by atoms with E-state index in [1.54, 1.807) is 0 Å². The van der Waals surface area contributed by atoms with E-state index >= 15 is 0 Å². The predicted molar refractivity (Wildman–Crippen MR) is 78.5 cm³/mol. The first-order chi connectivity index (χ1) is 9.44. The Morgan fingerprint density at radius 1 is 1.30 bits per heavy atom. The van der Waals surface area contributed by atoms with Crippen molar-refractivity contribution >= 4 is 16.9 Å². The zero-order valence-electron chi connectivity index (χ0n) is 12.1. The maximum atomic E-state index is 12.2. The van der Waals surface area contributed by atoms with Crippen LogP contribution in [-0.2, 0) is 22.5 Å². The number of H-pyrrole nitrogens is 1. The lowest BCUT2D eigenvalue weighted by molar-refractivity contribution is -0.157. The molecule has 0 unspecified atom stereocenters. The Balaban J connectivity index is 1.86. The SMILES string of the molecule is CC(C)(C)OC(=O)[C@@H]1Cc2c([nH]c3ccccc23)CN1. The normalized spacial score (nSPS) is 18.9. The molecule has 3 rings (SSSR count). The Hall–Kier alpha value is -1.81. The largest absolute Gasteiger partial charge is 0.459 e. The zero-order chi connectivity index (χ0) is 14.3. The summed E-state index contributed by atoms with van der Waals surface area (Å²) in [6.07, 6.45) is 0.675. The van der Waals surface area contributed by atoms with Crippen LogP contribution >= 0.6 is 0 Å². The smallest absolute Gasteiger partial charge is 0.324 e. The van der Waals surface area contributed by atoms with Crippen molar-refractivity contribution in [2.75, 3.05) is 0 Å². The average Bonchev–Trinajstić information content (AvgIpc) is 2.74. The van der Waals surface area contributed by atoms with Crippen LogP contribution in [0.1, 0.15) is 32.0 Å². The highest BCUT2D eigenvalue weighted by atomic mass is 16.6. The van der Waals surface area contributed by atoms with E-state index in [2.05, 4.69) is 22.4 Å². The van der Waals surface area contributed by atoms with Gasteiger partial charge < -0.3 is 9.72 Å². The van der Waals surface area contributed by atoms with Crippen LogP contribution in [0.2, 0.25) is 0 Å². The number of nitrogens with one attached hydrogen (secondary N) is 2. The molecule has 0 bridgehead atoms. The predicted octanol–water partition coefficient (Wildman–Crippen LogP) is 2.52. The molecule has 1 aromatic heterocycles. The maximum Gasteiger partial charge on any atom is 0.324 e. The van der Waals surface area contributed by atoms with Gasteiger partial charge in [0.2, 0.25) is 0 Å². The number of hydrogen-bond acceptors (Lipinski definition) is 3. The molecule has 20 heavy (non-hydrogen) atoms. The molecule has 0 spiro atoms. The van der Waals surface area contributed by atoms with Crippen LogP contribution < -0.4 is 5.32 Å². The van der Waals surface area contributed by atoms with E-state index in [9.17, 15) is 4.79 Å². The summed E-state index contributed by atoms with van der Waals surface area (Å²) in [5.74, 6) is -0.173. The molecule has 4 nitrogen and oxygen atoms in total. The van der Waals surface area contributed by atoms with E-state index in [-0.39, 0.29) is 12.0 Å². The number of carbonyl (C=O) groups is 1. The highest BCUT2D eigenvalue weighted by Gasteiger charge is 2.30. The Labute approximate surface area is 118 Å². The fourth-order valence-corrected chi connectivity index (χ4v) is 2.68. The van der Waals surface area contributed by atoms with Crippen molar-refractivity contribution in [3.8, 4) is 0 Å². The topological polar surface area (TPSA) is 54.1 Å². The Morgan fingerprint density at radius 2 is 2.05 bits per heavy atom. The summed E-state index contributed by atoms with van der Waals surface area (Å²) in [4.78, 5) is 15.6. The second kappa shape index (κ2) is 4.63. The van der Waals surface area contributed by atoms with Gasteiger partial charge in [-0.2, -0.15) is 0 Å². The van der Waals surface area contributed by atoms with Gasteiger partial charge >= 0.3 is 5.97 Å². The highest BCUT2D eigenvalue weighted by Crippen LogP contribution is 2.27. The van der Waals surface area contributed by atoms with Gasteiger partial charge in [0.15, 0.2) is 0 Å². The molecule has 2 N–H and O–H groups in total.